The Balaban J connectivity index is 4.15. The van der Waals surface area contributed by atoms with E-state index < -0.39 is 24.5 Å². The van der Waals surface area contributed by atoms with E-state index in [2.05, 4.69) is 48.8 Å². The molecule has 0 fully saturated rings. The van der Waals surface area contributed by atoms with E-state index in [0.717, 1.165) is 57.8 Å². The van der Waals surface area contributed by atoms with Crippen molar-refractivity contribution in [2.45, 2.75) is 238 Å². The van der Waals surface area contributed by atoms with Crippen molar-refractivity contribution in [1.82, 2.24) is 10.6 Å². The lowest BCUT2D eigenvalue weighted by atomic mass is 10.0. The first-order valence-corrected chi connectivity index (χ1v) is 23.2. The highest BCUT2D eigenvalue weighted by Crippen LogP contribution is 2.16. The van der Waals surface area contributed by atoms with Crippen LogP contribution in [0.5, 0.6) is 0 Å². The zero-order valence-electron chi connectivity index (χ0n) is 36.1. The smallest absolute Gasteiger partial charge is 0.328 e. The van der Waals surface area contributed by atoms with Crippen molar-refractivity contribution >= 4 is 23.8 Å². The summed E-state index contributed by atoms with van der Waals surface area (Å²) in [5, 5.41) is 22.5. The molecule has 56 heavy (non-hydrogen) atoms. The van der Waals surface area contributed by atoms with E-state index in [-0.39, 0.29) is 24.5 Å². The highest BCUT2D eigenvalue weighted by molar-refractivity contribution is 5.87. The summed E-state index contributed by atoms with van der Waals surface area (Å²) >= 11 is 0. The molecule has 0 saturated carbocycles. The third-order valence-corrected chi connectivity index (χ3v) is 10.4. The highest BCUT2D eigenvalue weighted by Gasteiger charge is 2.18. The van der Waals surface area contributed by atoms with E-state index >= 15 is 0 Å². The van der Waals surface area contributed by atoms with Gasteiger partial charge in [-0.05, 0) is 70.3 Å². The Hall–Kier alpha value is -2.68. The molecule has 0 aromatic rings. The lowest BCUT2D eigenvalue weighted by Crippen LogP contribution is -2.47. The van der Waals surface area contributed by atoms with Gasteiger partial charge in [0.1, 0.15) is 12.1 Å². The van der Waals surface area contributed by atoms with Crippen molar-refractivity contribution in [1.29, 1.82) is 0 Å². The first-order chi connectivity index (χ1) is 27.3. The van der Waals surface area contributed by atoms with Gasteiger partial charge in [-0.25, -0.2) is 4.79 Å². The van der Waals surface area contributed by atoms with Crippen LogP contribution in [0, 0.1) is 0 Å². The van der Waals surface area contributed by atoms with E-state index in [4.69, 9.17) is 14.9 Å². The van der Waals surface area contributed by atoms with Crippen LogP contribution in [0.15, 0.2) is 24.3 Å². The number of hydrogen-bond donors (Lipinski definition) is 4. The van der Waals surface area contributed by atoms with Crippen molar-refractivity contribution < 1.29 is 34.1 Å². The standard InChI is InChI=1S/C47H86N2O7/c1-3-5-7-9-11-13-14-15-16-17-18-19-20-21-22-23-25-31-35-39-46(53)56-42(36-32-28-24-12-10-8-6-4-2)37-33-29-26-27-30-34-38-44(51)48-40-45(52)49-43(41-50)47(54)55/h15-16,32,36,42-43,50H,3-14,17-31,33-35,37-41H2,1-2H3,(H,48,51)(H,49,52)(H,54,55)/b16-15-,36-32-. The summed E-state index contributed by atoms with van der Waals surface area (Å²) in [4.78, 5) is 47.5. The second kappa shape index (κ2) is 41.9. The van der Waals surface area contributed by atoms with Crippen LogP contribution in [0.4, 0.5) is 0 Å². The molecular weight excluding hydrogens is 705 g/mol. The topological polar surface area (TPSA) is 142 Å². The third-order valence-electron chi connectivity index (χ3n) is 10.4. The fourth-order valence-electron chi connectivity index (χ4n) is 6.80. The number of nitrogens with one attached hydrogen (secondary N) is 2. The normalized spacial score (nSPS) is 12.6. The first-order valence-electron chi connectivity index (χ1n) is 23.2. The minimum atomic E-state index is -1.38. The number of esters is 1. The molecule has 0 rings (SSSR count). The third kappa shape index (κ3) is 38.2. The van der Waals surface area contributed by atoms with E-state index in [1.807, 2.05) is 0 Å². The van der Waals surface area contributed by atoms with Crippen LogP contribution in [-0.4, -0.2) is 59.3 Å². The van der Waals surface area contributed by atoms with Gasteiger partial charge in [0, 0.05) is 12.8 Å². The van der Waals surface area contributed by atoms with Crippen LogP contribution in [0.1, 0.15) is 226 Å². The summed E-state index contributed by atoms with van der Waals surface area (Å²) in [6.45, 7) is 3.48. The number of ether oxygens (including phenoxy) is 1. The number of carboxylic acid groups (broad SMARTS) is 1. The molecule has 2 unspecified atom stereocenters. The number of hydrogen-bond acceptors (Lipinski definition) is 6. The Bertz CT molecular complexity index is 999. The van der Waals surface area contributed by atoms with Crippen LogP contribution in [0.2, 0.25) is 0 Å². The minimum absolute atomic E-state index is 0.0777. The highest BCUT2D eigenvalue weighted by atomic mass is 16.5. The number of carbonyl (C=O) groups is 4. The number of aliphatic hydroxyl groups is 1. The maximum absolute atomic E-state index is 12.8. The minimum Gasteiger partial charge on any atom is -0.480 e. The molecule has 0 spiro atoms. The van der Waals surface area contributed by atoms with Gasteiger partial charge >= 0.3 is 11.9 Å². The summed E-state index contributed by atoms with van der Waals surface area (Å²) in [6.07, 6.45) is 46.6. The summed E-state index contributed by atoms with van der Waals surface area (Å²) < 4.78 is 5.95. The van der Waals surface area contributed by atoms with Gasteiger partial charge in [0.15, 0.2) is 0 Å². The van der Waals surface area contributed by atoms with Crippen molar-refractivity contribution in [2.75, 3.05) is 13.2 Å². The number of unbranched alkanes of at least 4 members (excludes halogenated alkanes) is 26. The number of amides is 2. The fraction of sp³-hybridized carbons (Fsp3) is 0.830. The molecule has 0 aromatic heterocycles. The van der Waals surface area contributed by atoms with Gasteiger partial charge in [0.25, 0.3) is 0 Å². The molecule has 0 radical (unpaired) electrons. The average molecular weight is 791 g/mol. The van der Waals surface area contributed by atoms with Crippen molar-refractivity contribution in [3.8, 4) is 0 Å². The van der Waals surface area contributed by atoms with Crippen molar-refractivity contribution in [3.05, 3.63) is 24.3 Å². The number of carbonyl (C=O) groups excluding carboxylic acids is 3. The van der Waals surface area contributed by atoms with Gasteiger partial charge in [-0.2, -0.15) is 0 Å². The summed E-state index contributed by atoms with van der Waals surface area (Å²) in [5.41, 5.74) is 0. The van der Waals surface area contributed by atoms with Gasteiger partial charge < -0.3 is 25.6 Å². The number of aliphatic carboxylic acids is 1. The lowest BCUT2D eigenvalue weighted by Gasteiger charge is -2.15. The molecule has 9 heteroatoms. The van der Waals surface area contributed by atoms with Gasteiger partial charge in [0.2, 0.25) is 11.8 Å². The predicted octanol–water partition coefficient (Wildman–Crippen LogP) is 11.6. The van der Waals surface area contributed by atoms with Crippen LogP contribution >= 0.6 is 0 Å². The number of rotatable bonds is 42. The number of aliphatic hydroxyl groups excluding tert-OH is 1. The Labute approximate surface area is 343 Å². The van der Waals surface area contributed by atoms with Crippen molar-refractivity contribution in [2.24, 2.45) is 0 Å². The second-order valence-electron chi connectivity index (χ2n) is 15.8. The van der Waals surface area contributed by atoms with Crippen molar-refractivity contribution in [3.63, 3.8) is 0 Å². The van der Waals surface area contributed by atoms with Gasteiger partial charge in [-0.1, -0.05) is 167 Å². The molecule has 9 nitrogen and oxygen atoms in total. The van der Waals surface area contributed by atoms with E-state index in [1.54, 1.807) is 0 Å². The molecule has 0 aliphatic rings. The molecule has 2 atom stereocenters. The molecule has 2 amide bonds. The molecule has 0 aliphatic heterocycles. The zero-order chi connectivity index (χ0) is 41.2. The first kappa shape index (κ1) is 53.3. The monoisotopic (exact) mass is 791 g/mol. The fourth-order valence-corrected chi connectivity index (χ4v) is 6.80. The Morgan fingerprint density at radius 3 is 1.45 bits per heavy atom. The largest absolute Gasteiger partial charge is 0.480 e. The maximum Gasteiger partial charge on any atom is 0.328 e. The summed E-state index contributed by atoms with van der Waals surface area (Å²) in [5.74, 6) is -2.32. The van der Waals surface area contributed by atoms with Gasteiger partial charge in [-0.15, -0.1) is 0 Å². The molecule has 0 aliphatic carbocycles. The van der Waals surface area contributed by atoms with Crippen LogP contribution in [-0.2, 0) is 23.9 Å². The van der Waals surface area contributed by atoms with E-state index in [1.165, 1.54) is 135 Å². The number of allylic oxidation sites excluding steroid dienone is 3. The SMILES string of the molecule is CCCCCCCC/C=C\CCCCCCCCCCCC(=O)OC(/C=C\CCCCCCCC)CCCCCCCCC(=O)NCC(=O)NC(CO)C(=O)O. The Morgan fingerprint density at radius 2 is 0.964 bits per heavy atom. The molecule has 0 aromatic carbocycles. The average Bonchev–Trinajstić information content (AvgIpc) is 3.18. The maximum atomic E-state index is 12.8. The zero-order valence-corrected chi connectivity index (χ0v) is 36.1. The lowest BCUT2D eigenvalue weighted by molar-refractivity contribution is -0.147. The molecule has 0 saturated heterocycles. The molecular formula is C47H86N2O7. The molecule has 0 heterocycles. The Morgan fingerprint density at radius 1 is 0.536 bits per heavy atom. The van der Waals surface area contributed by atoms with Gasteiger partial charge in [0.05, 0.1) is 13.2 Å². The van der Waals surface area contributed by atoms with Crippen LogP contribution in [0.25, 0.3) is 0 Å². The molecule has 0 bridgehead atoms. The molecule has 326 valence electrons. The van der Waals surface area contributed by atoms with E-state index in [0.29, 0.717) is 19.3 Å². The summed E-state index contributed by atoms with van der Waals surface area (Å²) in [7, 11) is 0. The predicted molar refractivity (Wildman–Crippen MR) is 232 cm³/mol. The quantitative estimate of drug-likeness (QED) is 0.0274. The van der Waals surface area contributed by atoms with E-state index in [9.17, 15) is 19.2 Å². The van der Waals surface area contributed by atoms with Crippen LogP contribution < -0.4 is 10.6 Å². The number of carboxylic acids is 1. The Kier molecular flexibility index (Phi) is 39.9. The van der Waals surface area contributed by atoms with Crippen LogP contribution in [0.3, 0.4) is 0 Å². The second-order valence-corrected chi connectivity index (χ2v) is 15.8. The molecule has 4 N–H and O–H groups in total. The summed E-state index contributed by atoms with van der Waals surface area (Å²) in [6, 6.07) is -1.38. The van der Waals surface area contributed by atoms with Gasteiger partial charge in [-0.3, -0.25) is 14.4 Å².